The number of azo groups is 4. The Hall–Kier alpha value is -9.26. The van der Waals surface area contributed by atoms with Crippen LogP contribution < -0.4 is 9.47 Å². The van der Waals surface area contributed by atoms with E-state index in [1.165, 1.54) is 0 Å². The second kappa shape index (κ2) is 30.9. The zero-order chi connectivity index (χ0) is 53.7. The lowest BCUT2D eigenvalue weighted by Gasteiger charge is -2.05. The number of nitrogens with zero attached hydrogens (tertiary/aromatic N) is 8. The third-order valence-corrected chi connectivity index (χ3v) is 12.6. The third kappa shape index (κ3) is 18.2. The SMILES string of the molecule is O=C(CCCCCCCCC#CC#CCCCCCCCCC(=O)Oc1ccc(N=Nc2ccc(N=Nc3ccccc3)c3ccccc23)cc1)Oc1ccc(N=Nc2ccc(N=Nc3ccccc3)c3ccccc23)cc1. The minimum Gasteiger partial charge on any atom is -0.427 e. The molecule has 0 saturated carbocycles. The molecule has 0 fully saturated rings. The monoisotopic (exact) mass is 1030 g/mol. The van der Waals surface area contributed by atoms with Crippen molar-refractivity contribution >= 4 is 79.0 Å². The molecule has 390 valence electrons. The lowest BCUT2D eigenvalue weighted by atomic mass is 10.1. The predicted octanol–water partition coefficient (Wildman–Crippen LogP) is 20.4. The zero-order valence-corrected chi connectivity index (χ0v) is 43.8. The Kier molecular flexibility index (Phi) is 21.8. The summed E-state index contributed by atoms with van der Waals surface area (Å²) < 4.78 is 11.1. The Bertz CT molecular complexity index is 3230. The van der Waals surface area contributed by atoms with Crippen LogP contribution in [0.5, 0.6) is 11.5 Å². The number of carbonyl (C=O) groups excluding carboxylic acids is 2. The first kappa shape index (κ1) is 55.0. The van der Waals surface area contributed by atoms with Gasteiger partial charge in [-0.3, -0.25) is 9.59 Å². The summed E-state index contributed by atoms with van der Waals surface area (Å²) in [6.07, 6.45) is 14.8. The summed E-state index contributed by atoms with van der Waals surface area (Å²) in [5.74, 6) is 12.9. The van der Waals surface area contributed by atoms with E-state index in [0.717, 1.165) is 146 Å². The van der Waals surface area contributed by atoms with Gasteiger partial charge < -0.3 is 9.47 Å². The molecule has 0 aliphatic heterocycles. The molecule has 0 spiro atoms. The van der Waals surface area contributed by atoms with Crippen molar-refractivity contribution in [1.29, 1.82) is 0 Å². The maximum Gasteiger partial charge on any atom is 0.311 e. The second-order valence-corrected chi connectivity index (χ2v) is 18.6. The molecule has 8 rings (SSSR count). The highest BCUT2D eigenvalue weighted by Gasteiger charge is 2.10. The maximum atomic E-state index is 12.5. The molecule has 0 bridgehead atoms. The van der Waals surface area contributed by atoms with Crippen molar-refractivity contribution in [1.82, 2.24) is 0 Å². The largest absolute Gasteiger partial charge is 0.427 e. The quantitative estimate of drug-likeness (QED) is 0.0174. The van der Waals surface area contributed by atoms with E-state index in [1.807, 2.05) is 133 Å². The molecule has 0 N–H and O–H groups in total. The summed E-state index contributed by atoms with van der Waals surface area (Å²) in [5.41, 5.74) is 5.82. The topological polar surface area (TPSA) is 151 Å². The molecule has 0 aliphatic carbocycles. The minimum atomic E-state index is -0.233. The lowest BCUT2D eigenvalue weighted by molar-refractivity contribution is -0.135. The smallest absolute Gasteiger partial charge is 0.311 e. The van der Waals surface area contributed by atoms with Crippen molar-refractivity contribution < 1.29 is 19.1 Å². The number of fused-ring (bicyclic) bond motifs is 2. The Labute approximate surface area is 456 Å². The molecule has 0 amide bonds. The van der Waals surface area contributed by atoms with Gasteiger partial charge in [0, 0.05) is 47.2 Å². The van der Waals surface area contributed by atoms with E-state index in [1.54, 1.807) is 48.5 Å². The molecular formula is C66H62N8O4. The van der Waals surface area contributed by atoms with Gasteiger partial charge in [0.05, 0.1) is 45.5 Å². The van der Waals surface area contributed by atoms with Gasteiger partial charge >= 0.3 is 11.9 Å². The standard InChI is InChI=1S/C66H62N8O4/c75-65(77-55-43-39-53(40-44-55)69-73-63-49-47-61(57-33-25-27-35-59(57)63)71-67-51-29-19-17-20-30-51)37-23-15-13-11-9-7-5-3-1-2-4-6-8-10-12-14-16-24-38-66(76)78-56-45-41-54(42-46-56)70-74-64-50-48-62(58-34-26-28-36-60(58)64)72-68-52-31-21-18-22-32-52/h17-22,25-36,39-50H,5-16,23-24,37-38H2. The van der Waals surface area contributed by atoms with Crippen molar-refractivity contribution in [2.45, 2.75) is 103 Å². The molecule has 0 saturated heterocycles. The zero-order valence-electron chi connectivity index (χ0n) is 43.8. The summed E-state index contributed by atoms with van der Waals surface area (Å²) >= 11 is 0. The molecule has 12 heteroatoms. The van der Waals surface area contributed by atoms with Crippen LogP contribution in [-0.2, 0) is 9.59 Å². The van der Waals surface area contributed by atoms with Gasteiger partial charge in [-0.15, -0.1) is 20.5 Å². The van der Waals surface area contributed by atoms with E-state index in [4.69, 9.17) is 9.47 Å². The van der Waals surface area contributed by atoms with Gasteiger partial charge in [0.25, 0.3) is 0 Å². The van der Waals surface area contributed by atoms with Crippen LogP contribution in [0, 0.1) is 23.7 Å². The molecule has 0 atom stereocenters. The Morgan fingerprint density at radius 2 is 0.577 bits per heavy atom. The third-order valence-electron chi connectivity index (χ3n) is 12.6. The summed E-state index contributed by atoms with van der Waals surface area (Å²) in [6.45, 7) is 0. The maximum absolute atomic E-state index is 12.5. The Morgan fingerprint density at radius 1 is 0.295 bits per heavy atom. The van der Waals surface area contributed by atoms with Crippen molar-refractivity contribution in [3.63, 3.8) is 0 Å². The normalized spacial score (nSPS) is 11.3. The number of esters is 2. The van der Waals surface area contributed by atoms with Gasteiger partial charge in [0.15, 0.2) is 0 Å². The number of ether oxygens (including phenoxy) is 2. The van der Waals surface area contributed by atoms with Crippen molar-refractivity contribution in [2.24, 2.45) is 40.9 Å². The number of unbranched alkanes of at least 4 members (excludes halogenated alkanes) is 12. The fraction of sp³-hybridized carbons (Fsp3) is 0.242. The van der Waals surface area contributed by atoms with Gasteiger partial charge in [-0.2, -0.15) is 20.5 Å². The van der Waals surface area contributed by atoms with Crippen molar-refractivity contribution in [2.75, 3.05) is 0 Å². The van der Waals surface area contributed by atoms with E-state index < -0.39 is 0 Å². The first-order chi connectivity index (χ1) is 38.5. The number of carbonyl (C=O) groups is 2. The highest BCUT2D eigenvalue weighted by atomic mass is 16.5. The van der Waals surface area contributed by atoms with Crippen molar-refractivity contribution in [3.8, 4) is 35.2 Å². The van der Waals surface area contributed by atoms with Crippen LogP contribution in [0.2, 0.25) is 0 Å². The fourth-order valence-corrected chi connectivity index (χ4v) is 8.44. The Morgan fingerprint density at radius 3 is 0.910 bits per heavy atom. The van der Waals surface area contributed by atoms with Crippen LogP contribution in [0.1, 0.15) is 103 Å². The number of rotatable bonds is 26. The molecule has 12 nitrogen and oxygen atoms in total. The highest BCUT2D eigenvalue weighted by Crippen LogP contribution is 2.37. The van der Waals surface area contributed by atoms with Crippen LogP contribution in [0.25, 0.3) is 21.5 Å². The summed E-state index contributed by atoms with van der Waals surface area (Å²) in [5, 5.41) is 39.3. The predicted molar refractivity (Wildman–Crippen MR) is 311 cm³/mol. The fourth-order valence-electron chi connectivity index (χ4n) is 8.44. The van der Waals surface area contributed by atoms with Gasteiger partial charge in [-0.1, -0.05) is 148 Å². The molecule has 8 aromatic rings. The van der Waals surface area contributed by atoms with Crippen LogP contribution >= 0.6 is 0 Å². The van der Waals surface area contributed by atoms with Crippen LogP contribution in [0.3, 0.4) is 0 Å². The average molecular weight is 1030 g/mol. The van der Waals surface area contributed by atoms with Gasteiger partial charge in [0.1, 0.15) is 11.5 Å². The first-order valence-corrected chi connectivity index (χ1v) is 26.9. The molecule has 8 aromatic carbocycles. The van der Waals surface area contributed by atoms with Gasteiger partial charge in [-0.25, -0.2) is 0 Å². The van der Waals surface area contributed by atoms with Crippen LogP contribution in [0.15, 0.2) is 223 Å². The van der Waals surface area contributed by atoms with E-state index in [9.17, 15) is 9.59 Å². The average Bonchev–Trinajstić information content (AvgIpc) is 3.52. The summed E-state index contributed by atoms with van der Waals surface area (Å²) in [6, 6.07) is 56.8. The van der Waals surface area contributed by atoms with E-state index in [-0.39, 0.29) is 11.9 Å². The van der Waals surface area contributed by atoms with E-state index >= 15 is 0 Å². The molecule has 0 radical (unpaired) electrons. The minimum absolute atomic E-state index is 0.233. The summed E-state index contributed by atoms with van der Waals surface area (Å²) in [7, 11) is 0. The lowest BCUT2D eigenvalue weighted by Crippen LogP contribution is -2.07. The van der Waals surface area contributed by atoms with Crippen LogP contribution in [0.4, 0.5) is 45.5 Å². The molecule has 0 unspecified atom stereocenters. The summed E-state index contributed by atoms with van der Waals surface area (Å²) in [4.78, 5) is 25.0. The molecular weight excluding hydrogens is 969 g/mol. The number of hydrogen-bond donors (Lipinski definition) is 0. The second-order valence-electron chi connectivity index (χ2n) is 18.6. The van der Waals surface area contributed by atoms with Crippen molar-refractivity contribution in [3.05, 3.63) is 182 Å². The van der Waals surface area contributed by atoms with Gasteiger partial charge in [0.2, 0.25) is 0 Å². The molecule has 0 aliphatic rings. The molecule has 78 heavy (non-hydrogen) atoms. The number of hydrogen-bond acceptors (Lipinski definition) is 12. The van der Waals surface area contributed by atoms with Gasteiger partial charge in [-0.05, 0) is 135 Å². The number of benzene rings is 8. The highest BCUT2D eigenvalue weighted by molar-refractivity contribution is 6.00. The van der Waals surface area contributed by atoms with E-state index in [2.05, 4.69) is 64.6 Å². The Balaban J connectivity index is 0.607. The first-order valence-electron chi connectivity index (χ1n) is 26.9. The molecule has 0 aromatic heterocycles. The van der Waals surface area contributed by atoms with Crippen LogP contribution in [-0.4, -0.2) is 11.9 Å². The molecule has 0 heterocycles. The van der Waals surface area contributed by atoms with E-state index in [0.29, 0.717) is 35.7 Å².